The van der Waals surface area contributed by atoms with Gasteiger partial charge in [0.05, 0.1) is 17.2 Å². The summed E-state index contributed by atoms with van der Waals surface area (Å²) < 4.78 is 21.7. The van der Waals surface area contributed by atoms with Crippen molar-refractivity contribution in [1.82, 2.24) is 4.72 Å². The fraction of sp³-hybridized carbons (Fsp3) is 0.500. The molecule has 2 aromatic carbocycles. The Balaban J connectivity index is 1.56. The summed E-state index contributed by atoms with van der Waals surface area (Å²) in [6.07, 6.45) is 7.28. The van der Waals surface area contributed by atoms with Crippen LogP contribution in [0.4, 0.5) is 5.69 Å². The van der Waals surface area contributed by atoms with E-state index in [1.54, 1.807) is 7.05 Å². The van der Waals surface area contributed by atoms with Crippen molar-refractivity contribution in [3.05, 3.63) is 52.5 Å². The number of benzene rings is 2. The molecule has 2 aromatic rings. The lowest BCUT2D eigenvalue weighted by molar-refractivity contribution is 0.204. The fourth-order valence-electron chi connectivity index (χ4n) is 5.31. The summed E-state index contributed by atoms with van der Waals surface area (Å²) in [5.41, 5.74) is 3.80. The molecule has 6 heteroatoms. The molecule has 0 saturated heterocycles. The van der Waals surface area contributed by atoms with Crippen molar-refractivity contribution in [2.24, 2.45) is 5.92 Å². The fourth-order valence-corrected chi connectivity index (χ4v) is 6.15. The van der Waals surface area contributed by atoms with Crippen LogP contribution in [0, 0.1) is 5.92 Å². The molecule has 3 aliphatic rings. The van der Waals surface area contributed by atoms with Crippen molar-refractivity contribution in [3.63, 3.8) is 0 Å². The van der Waals surface area contributed by atoms with E-state index in [1.807, 2.05) is 18.2 Å². The van der Waals surface area contributed by atoms with Crippen molar-refractivity contribution < 1.29 is 8.95 Å². The van der Waals surface area contributed by atoms with Gasteiger partial charge in [-0.05, 0) is 86.5 Å². The Hall–Kier alpha value is -1.56. The summed E-state index contributed by atoms with van der Waals surface area (Å²) >= 11 is 6.32. The van der Waals surface area contributed by atoms with Gasteiger partial charge in [0.1, 0.15) is 16.7 Å². The first-order valence-electron chi connectivity index (χ1n) is 11.0. The van der Waals surface area contributed by atoms with Crippen molar-refractivity contribution in [2.75, 3.05) is 31.6 Å². The number of halogens is 1. The van der Waals surface area contributed by atoms with Crippen LogP contribution in [0.3, 0.4) is 0 Å². The summed E-state index contributed by atoms with van der Waals surface area (Å²) in [6.45, 7) is 2.64. The van der Waals surface area contributed by atoms with Crippen LogP contribution < -0.4 is 14.4 Å². The van der Waals surface area contributed by atoms with Crippen molar-refractivity contribution in [1.29, 1.82) is 0 Å². The normalized spacial score (nSPS) is 24.4. The van der Waals surface area contributed by atoms with Gasteiger partial charge in [0.25, 0.3) is 0 Å². The number of fused-ring (bicyclic) bond motifs is 3. The first-order chi connectivity index (χ1) is 14.6. The molecule has 0 bridgehead atoms. The van der Waals surface area contributed by atoms with Crippen LogP contribution >= 0.6 is 11.6 Å². The highest BCUT2D eigenvalue weighted by Gasteiger charge is 2.42. The van der Waals surface area contributed by atoms with Gasteiger partial charge >= 0.3 is 0 Å². The van der Waals surface area contributed by atoms with Gasteiger partial charge in [-0.2, -0.15) is 0 Å². The zero-order valence-corrected chi connectivity index (χ0v) is 19.0. The number of nitrogens with zero attached hydrogens (tertiary/aromatic N) is 1. The predicted molar refractivity (Wildman–Crippen MR) is 123 cm³/mol. The van der Waals surface area contributed by atoms with Gasteiger partial charge < -0.3 is 9.64 Å². The zero-order chi connectivity index (χ0) is 20.7. The first kappa shape index (κ1) is 20.3. The lowest BCUT2D eigenvalue weighted by Gasteiger charge is -2.42. The molecule has 2 unspecified atom stereocenters. The van der Waals surface area contributed by atoms with Crippen LogP contribution in [-0.2, 0) is 22.8 Å². The van der Waals surface area contributed by atoms with Crippen LogP contribution in [0.2, 0.25) is 5.02 Å². The van der Waals surface area contributed by atoms with Gasteiger partial charge in [-0.15, -0.1) is 0 Å². The molecule has 5 rings (SSSR count). The highest BCUT2D eigenvalue weighted by Crippen LogP contribution is 2.45. The number of hydrogen-bond acceptors (Lipinski definition) is 3. The summed E-state index contributed by atoms with van der Waals surface area (Å²) in [6, 6.07) is 12.4. The molecule has 1 saturated carbocycles. The second kappa shape index (κ2) is 8.18. The molecule has 1 fully saturated rings. The van der Waals surface area contributed by atoms with Crippen LogP contribution in [0.5, 0.6) is 5.75 Å². The zero-order valence-electron chi connectivity index (χ0n) is 17.5. The minimum absolute atomic E-state index is 0.0384. The second-order valence-electron chi connectivity index (χ2n) is 9.00. The van der Waals surface area contributed by atoms with E-state index >= 15 is 0 Å². The topological polar surface area (TPSA) is 41.6 Å². The van der Waals surface area contributed by atoms with Gasteiger partial charge in [-0.3, -0.25) is 0 Å². The quantitative estimate of drug-likeness (QED) is 0.732. The summed E-state index contributed by atoms with van der Waals surface area (Å²) in [5, 5.41) is 0.814. The highest BCUT2D eigenvalue weighted by molar-refractivity contribution is 7.83. The molecule has 0 aromatic heterocycles. The van der Waals surface area contributed by atoms with Gasteiger partial charge in [-0.25, -0.2) is 8.93 Å². The van der Waals surface area contributed by atoms with E-state index in [1.165, 1.54) is 30.4 Å². The molecule has 30 heavy (non-hydrogen) atoms. The number of aryl methyl sites for hydroxylation is 1. The summed E-state index contributed by atoms with van der Waals surface area (Å²) in [4.78, 5) is 3.32. The van der Waals surface area contributed by atoms with Gasteiger partial charge in [0.15, 0.2) is 0 Å². The smallest absolute Gasteiger partial charge is 0.142 e. The van der Waals surface area contributed by atoms with Gasteiger partial charge in [0.2, 0.25) is 0 Å². The molecule has 4 nitrogen and oxygen atoms in total. The molecule has 1 N–H and O–H groups in total. The van der Waals surface area contributed by atoms with E-state index in [9.17, 15) is 4.21 Å². The molecular formula is C24H29ClN2O2S. The van der Waals surface area contributed by atoms with E-state index in [-0.39, 0.29) is 5.41 Å². The van der Waals surface area contributed by atoms with Crippen molar-refractivity contribution in [2.45, 2.75) is 48.8 Å². The first-order valence-corrected chi connectivity index (χ1v) is 12.5. The Bertz CT molecular complexity index is 978. The van der Waals surface area contributed by atoms with E-state index in [0.29, 0.717) is 6.61 Å². The average molecular weight is 445 g/mol. The lowest BCUT2D eigenvalue weighted by Crippen LogP contribution is -2.47. The summed E-state index contributed by atoms with van der Waals surface area (Å²) in [7, 11) is 0.517. The number of ether oxygens (including phenoxy) is 1. The average Bonchev–Trinajstić information content (AvgIpc) is 2.87. The maximum atomic E-state index is 12.4. The Labute approximate surface area is 186 Å². The maximum absolute atomic E-state index is 12.4. The molecular weight excluding hydrogens is 416 g/mol. The lowest BCUT2D eigenvalue weighted by atomic mass is 9.70. The molecule has 0 amide bonds. The Morgan fingerprint density at radius 1 is 1.23 bits per heavy atom. The van der Waals surface area contributed by atoms with Crippen LogP contribution in [-0.4, -0.2) is 31.0 Å². The van der Waals surface area contributed by atoms with E-state index in [2.05, 4.69) is 27.8 Å². The van der Waals surface area contributed by atoms with Crippen molar-refractivity contribution >= 4 is 28.3 Å². The standard InChI is InChI=1S/C24H29ClN2O2S/c1-26-30(28)20-8-10-23-22(13-20)27(14-17-4-2-5-17)15-24(16-29-23)11-3-6-18-12-19(25)7-9-21(18)24/h7-10,12-13,17,26H,2-6,11,14-16H2,1H3. The molecule has 2 aliphatic carbocycles. The van der Waals surface area contributed by atoms with Crippen LogP contribution in [0.1, 0.15) is 43.2 Å². The molecule has 1 aliphatic heterocycles. The molecule has 2 atom stereocenters. The highest BCUT2D eigenvalue weighted by atomic mass is 35.5. The number of nitrogens with one attached hydrogen (secondary N) is 1. The monoisotopic (exact) mass is 444 g/mol. The maximum Gasteiger partial charge on any atom is 0.142 e. The van der Waals surface area contributed by atoms with E-state index in [0.717, 1.165) is 59.6 Å². The van der Waals surface area contributed by atoms with Gasteiger partial charge in [-0.1, -0.05) is 24.1 Å². The molecule has 1 heterocycles. The Kier molecular flexibility index (Phi) is 5.55. The van der Waals surface area contributed by atoms with Crippen LogP contribution in [0.15, 0.2) is 41.3 Å². The molecule has 1 spiro atoms. The summed E-state index contributed by atoms with van der Waals surface area (Å²) in [5.74, 6) is 1.64. The minimum Gasteiger partial charge on any atom is -0.490 e. The number of anilines is 1. The number of rotatable bonds is 4. The largest absolute Gasteiger partial charge is 0.490 e. The van der Waals surface area contributed by atoms with E-state index < -0.39 is 11.0 Å². The minimum atomic E-state index is -1.21. The van der Waals surface area contributed by atoms with Gasteiger partial charge in [0, 0.05) is 23.5 Å². The second-order valence-corrected chi connectivity index (χ2v) is 10.9. The Morgan fingerprint density at radius 3 is 2.87 bits per heavy atom. The third-order valence-corrected chi connectivity index (χ3v) is 8.40. The SMILES string of the molecule is CNS(=O)c1ccc2c(c1)N(CC1CCC1)CC1(CCCc3cc(Cl)ccc31)CO2. The molecule has 160 valence electrons. The van der Waals surface area contributed by atoms with Crippen molar-refractivity contribution in [3.8, 4) is 5.75 Å². The predicted octanol–water partition coefficient (Wildman–Crippen LogP) is 4.86. The number of hydrogen-bond donors (Lipinski definition) is 1. The van der Waals surface area contributed by atoms with Crippen LogP contribution in [0.25, 0.3) is 0 Å². The third kappa shape index (κ3) is 3.65. The Morgan fingerprint density at radius 2 is 2.10 bits per heavy atom. The van der Waals surface area contributed by atoms with E-state index in [4.69, 9.17) is 16.3 Å². The third-order valence-electron chi connectivity index (χ3n) is 7.11. The molecule has 0 radical (unpaired) electrons.